The predicted molar refractivity (Wildman–Crippen MR) is 93.4 cm³/mol. The summed E-state index contributed by atoms with van der Waals surface area (Å²) in [4.78, 5) is 14.2. The Hall–Kier alpha value is -2.26. The van der Waals surface area contributed by atoms with Crippen LogP contribution in [0.5, 0.6) is 0 Å². The molecule has 0 radical (unpaired) electrons. The van der Waals surface area contributed by atoms with Crippen molar-refractivity contribution in [3.05, 3.63) is 74.6 Å². The number of hydrogen-bond donors (Lipinski definition) is 0. The number of para-hydroxylation sites is 1. The number of hydrogen-bond acceptors (Lipinski definition) is 3. The average molecular weight is 326 g/mol. The Bertz CT molecular complexity index is 961. The van der Waals surface area contributed by atoms with Crippen LogP contribution in [0.15, 0.2) is 51.7 Å². The first-order chi connectivity index (χ1) is 11.1. The highest BCUT2D eigenvalue weighted by atomic mass is 35.5. The van der Waals surface area contributed by atoms with Crippen molar-refractivity contribution < 1.29 is 4.42 Å². The number of nitrogens with zero attached hydrogens (tertiary/aromatic N) is 1. The van der Waals surface area contributed by atoms with Crippen molar-refractivity contribution >= 4 is 28.3 Å². The van der Waals surface area contributed by atoms with Crippen LogP contribution >= 0.6 is 11.6 Å². The highest BCUT2D eigenvalue weighted by molar-refractivity contribution is 6.32. The van der Waals surface area contributed by atoms with Gasteiger partial charge >= 0.3 is 5.63 Å². The maximum Gasteiger partial charge on any atom is 0.336 e. The van der Waals surface area contributed by atoms with Gasteiger partial charge in [0.1, 0.15) is 5.58 Å². The standard InChI is InChI=1S/C19H16ClNO2/c1-12-8-18-15(10-16(12)20)14(9-19(22)23-18)11-21-7-6-13-4-2-3-5-17(13)21/h2-5,8-10H,6-7,11H2,1H3. The highest BCUT2D eigenvalue weighted by Gasteiger charge is 2.20. The Morgan fingerprint density at radius 1 is 1.22 bits per heavy atom. The summed E-state index contributed by atoms with van der Waals surface area (Å²) in [7, 11) is 0. The molecule has 0 saturated heterocycles. The molecule has 3 nitrogen and oxygen atoms in total. The molecule has 0 unspecified atom stereocenters. The Labute approximate surface area is 139 Å². The van der Waals surface area contributed by atoms with E-state index in [-0.39, 0.29) is 5.63 Å². The van der Waals surface area contributed by atoms with Crippen molar-refractivity contribution in [2.45, 2.75) is 19.9 Å². The van der Waals surface area contributed by atoms with Gasteiger partial charge in [-0.25, -0.2) is 4.79 Å². The summed E-state index contributed by atoms with van der Waals surface area (Å²) in [5.74, 6) is 0. The lowest BCUT2D eigenvalue weighted by molar-refractivity contribution is 0.558. The van der Waals surface area contributed by atoms with Gasteiger partial charge in [-0.2, -0.15) is 0 Å². The van der Waals surface area contributed by atoms with Crippen LogP contribution in [0.1, 0.15) is 16.7 Å². The largest absolute Gasteiger partial charge is 0.423 e. The first-order valence-corrected chi connectivity index (χ1v) is 8.05. The van der Waals surface area contributed by atoms with Crippen LogP contribution in [0.3, 0.4) is 0 Å². The van der Waals surface area contributed by atoms with Crippen LogP contribution in [0.2, 0.25) is 5.02 Å². The summed E-state index contributed by atoms with van der Waals surface area (Å²) >= 11 is 6.26. The maximum atomic E-state index is 11.9. The summed E-state index contributed by atoms with van der Waals surface area (Å²) in [5.41, 5.74) is 4.74. The van der Waals surface area contributed by atoms with E-state index >= 15 is 0 Å². The number of fused-ring (bicyclic) bond motifs is 2. The minimum Gasteiger partial charge on any atom is -0.423 e. The Kier molecular flexibility index (Phi) is 3.38. The monoisotopic (exact) mass is 325 g/mol. The molecule has 4 rings (SSSR count). The van der Waals surface area contributed by atoms with Gasteiger partial charge in [-0.1, -0.05) is 29.8 Å². The summed E-state index contributed by atoms with van der Waals surface area (Å²) < 4.78 is 5.34. The van der Waals surface area contributed by atoms with E-state index in [9.17, 15) is 4.79 Å². The van der Waals surface area contributed by atoms with E-state index in [1.807, 2.05) is 19.1 Å². The molecular weight excluding hydrogens is 310 g/mol. The molecule has 0 bridgehead atoms. The molecule has 2 heterocycles. The summed E-state index contributed by atoms with van der Waals surface area (Å²) in [6.07, 6.45) is 1.04. The van der Waals surface area contributed by atoms with Gasteiger partial charge in [-0.15, -0.1) is 0 Å². The predicted octanol–water partition coefficient (Wildman–Crippen LogP) is 4.32. The molecule has 0 N–H and O–H groups in total. The Morgan fingerprint density at radius 3 is 2.91 bits per heavy atom. The van der Waals surface area contributed by atoms with Crippen molar-refractivity contribution in [3.8, 4) is 0 Å². The number of halogens is 1. The first-order valence-electron chi connectivity index (χ1n) is 7.67. The molecule has 2 aromatic carbocycles. The van der Waals surface area contributed by atoms with E-state index in [0.717, 1.165) is 29.5 Å². The van der Waals surface area contributed by atoms with Crippen molar-refractivity contribution in [2.24, 2.45) is 0 Å². The third-order valence-corrected chi connectivity index (χ3v) is 4.86. The molecule has 0 atom stereocenters. The van der Waals surface area contributed by atoms with Gasteiger partial charge in [0.2, 0.25) is 0 Å². The quantitative estimate of drug-likeness (QED) is 0.658. The minimum absolute atomic E-state index is 0.318. The third-order valence-electron chi connectivity index (χ3n) is 4.45. The van der Waals surface area contributed by atoms with Crippen molar-refractivity contribution in [3.63, 3.8) is 0 Å². The molecule has 1 aromatic heterocycles. The Balaban J connectivity index is 1.81. The van der Waals surface area contributed by atoms with E-state index in [2.05, 4.69) is 29.2 Å². The number of anilines is 1. The molecule has 0 spiro atoms. The Morgan fingerprint density at radius 2 is 2.04 bits per heavy atom. The minimum atomic E-state index is -0.318. The molecular formula is C19H16ClNO2. The van der Waals surface area contributed by atoms with Crippen LogP contribution in [0.4, 0.5) is 5.69 Å². The van der Waals surface area contributed by atoms with Crippen LogP contribution in [-0.2, 0) is 13.0 Å². The summed E-state index contributed by atoms with van der Waals surface area (Å²) in [6, 6.07) is 13.7. The maximum absolute atomic E-state index is 11.9. The van der Waals surface area contributed by atoms with Crippen LogP contribution in [-0.4, -0.2) is 6.54 Å². The average Bonchev–Trinajstić information content (AvgIpc) is 2.93. The van der Waals surface area contributed by atoms with Crippen molar-refractivity contribution in [1.29, 1.82) is 0 Å². The van der Waals surface area contributed by atoms with Crippen LogP contribution in [0.25, 0.3) is 11.0 Å². The van der Waals surface area contributed by atoms with E-state index in [0.29, 0.717) is 17.2 Å². The normalized spacial score (nSPS) is 13.6. The fourth-order valence-electron chi connectivity index (χ4n) is 3.26. The van der Waals surface area contributed by atoms with Gasteiger partial charge in [-0.05, 0) is 48.2 Å². The molecule has 0 amide bonds. The zero-order chi connectivity index (χ0) is 16.0. The van der Waals surface area contributed by atoms with Gasteiger partial charge < -0.3 is 9.32 Å². The van der Waals surface area contributed by atoms with E-state index in [4.69, 9.17) is 16.0 Å². The molecule has 23 heavy (non-hydrogen) atoms. The number of benzene rings is 2. The summed E-state index contributed by atoms with van der Waals surface area (Å²) in [5, 5.41) is 1.60. The highest BCUT2D eigenvalue weighted by Crippen LogP contribution is 2.31. The van der Waals surface area contributed by atoms with Crippen molar-refractivity contribution in [1.82, 2.24) is 0 Å². The zero-order valence-electron chi connectivity index (χ0n) is 12.8. The van der Waals surface area contributed by atoms with Gasteiger partial charge in [0.15, 0.2) is 0 Å². The molecule has 4 heteroatoms. The van der Waals surface area contributed by atoms with E-state index in [1.165, 1.54) is 11.3 Å². The first kappa shape index (κ1) is 14.3. The van der Waals surface area contributed by atoms with Gasteiger partial charge in [-0.3, -0.25) is 0 Å². The van der Waals surface area contributed by atoms with Crippen LogP contribution < -0.4 is 10.5 Å². The lowest BCUT2D eigenvalue weighted by atomic mass is 10.1. The fraction of sp³-hybridized carbons (Fsp3) is 0.211. The van der Waals surface area contributed by atoms with Gasteiger partial charge in [0, 0.05) is 35.3 Å². The van der Waals surface area contributed by atoms with E-state index < -0.39 is 0 Å². The molecule has 1 aliphatic rings. The molecule has 116 valence electrons. The molecule has 3 aromatic rings. The second-order valence-corrected chi connectivity index (χ2v) is 6.40. The van der Waals surface area contributed by atoms with Gasteiger partial charge in [0.25, 0.3) is 0 Å². The number of aryl methyl sites for hydroxylation is 1. The molecule has 0 saturated carbocycles. The molecule has 1 aliphatic heterocycles. The number of rotatable bonds is 2. The lowest BCUT2D eigenvalue weighted by Gasteiger charge is -2.20. The fourth-order valence-corrected chi connectivity index (χ4v) is 3.42. The molecule has 0 aliphatic carbocycles. The third kappa shape index (κ3) is 2.51. The topological polar surface area (TPSA) is 33.5 Å². The second-order valence-electron chi connectivity index (χ2n) is 5.99. The lowest BCUT2D eigenvalue weighted by Crippen LogP contribution is -2.20. The summed E-state index contributed by atoms with van der Waals surface area (Å²) in [6.45, 7) is 3.55. The zero-order valence-corrected chi connectivity index (χ0v) is 13.6. The SMILES string of the molecule is Cc1cc2oc(=O)cc(CN3CCc4ccccc43)c2cc1Cl. The smallest absolute Gasteiger partial charge is 0.336 e. The molecule has 0 fully saturated rings. The van der Waals surface area contributed by atoms with E-state index in [1.54, 1.807) is 6.07 Å². The van der Waals surface area contributed by atoms with Crippen LogP contribution in [0, 0.1) is 6.92 Å². The second kappa shape index (κ2) is 5.43. The van der Waals surface area contributed by atoms with Gasteiger partial charge in [0.05, 0.1) is 0 Å². The van der Waals surface area contributed by atoms with Crippen molar-refractivity contribution in [2.75, 3.05) is 11.4 Å².